The molecule has 0 bridgehead atoms. The molecule has 0 unspecified atom stereocenters. The average Bonchev–Trinajstić information content (AvgIpc) is 2.73. The first-order valence-electron chi connectivity index (χ1n) is 5.01. The van der Waals surface area contributed by atoms with E-state index in [1.807, 2.05) is 30.3 Å². The molecular weight excluding hydrogens is 283 g/mol. The topological polar surface area (TPSA) is 39.6 Å². The lowest BCUT2D eigenvalue weighted by atomic mass is 10.1. The van der Waals surface area contributed by atoms with E-state index >= 15 is 0 Å². The highest BCUT2D eigenvalue weighted by molar-refractivity contribution is 9.10. The van der Waals surface area contributed by atoms with Crippen molar-refractivity contribution in [3.63, 3.8) is 0 Å². The first-order valence-corrected chi connectivity index (χ1v) is 5.80. The van der Waals surface area contributed by atoms with Crippen molar-refractivity contribution in [2.75, 3.05) is 0 Å². The van der Waals surface area contributed by atoms with E-state index in [0.717, 1.165) is 16.3 Å². The summed E-state index contributed by atoms with van der Waals surface area (Å²) in [5, 5.41) is 10.7. The maximum absolute atomic E-state index is 13.7. The summed E-state index contributed by atoms with van der Waals surface area (Å²) in [6, 6.07) is 10.8. The number of halogens is 2. The number of para-hydroxylation sites is 1. The van der Waals surface area contributed by atoms with Crippen molar-refractivity contribution in [1.82, 2.24) is 4.98 Å². The molecule has 0 saturated heterocycles. The van der Waals surface area contributed by atoms with Crippen molar-refractivity contribution >= 4 is 37.7 Å². The molecule has 0 saturated carbocycles. The molecule has 4 heteroatoms. The van der Waals surface area contributed by atoms with Gasteiger partial charge in [-0.2, -0.15) is 5.26 Å². The lowest BCUT2D eigenvalue weighted by Crippen LogP contribution is -1.84. The van der Waals surface area contributed by atoms with E-state index in [1.165, 1.54) is 6.07 Å². The standard InChI is InChI=1S/C13H6BrFN2/c14-12-9(15)5-7(6-16)13-11(12)8-3-1-2-4-10(8)17-13/h1-5,17H. The van der Waals surface area contributed by atoms with Crippen molar-refractivity contribution in [3.8, 4) is 6.07 Å². The van der Waals surface area contributed by atoms with Gasteiger partial charge in [0.15, 0.2) is 0 Å². The average molecular weight is 289 g/mol. The van der Waals surface area contributed by atoms with Crippen LogP contribution in [0.25, 0.3) is 21.8 Å². The van der Waals surface area contributed by atoms with E-state index in [9.17, 15) is 4.39 Å². The first-order chi connectivity index (χ1) is 8.22. The van der Waals surface area contributed by atoms with E-state index in [2.05, 4.69) is 20.9 Å². The molecule has 0 amide bonds. The second kappa shape index (κ2) is 3.57. The highest BCUT2D eigenvalue weighted by Crippen LogP contribution is 2.35. The highest BCUT2D eigenvalue weighted by Gasteiger charge is 2.14. The number of benzene rings is 2. The number of hydrogen-bond donors (Lipinski definition) is 1. The van der Waals surface area contributed by atoms with E-state index in [0.29, 0.717) is 15.6 Å². The largest absolute Gasteiger partial charge is 0.353 e. The predicted molar refractivity (Wildman–Crippen MR) is 68.2 cm³/mol. The number of rotatable bonds is 0. The molecular formula is C13H6BrFN2. The molecule has 3 rings (SSSR count). The van der Waals surface area contributed by atoms with Crippen LogP contribution in [0.15, 0.2) is 34.8 Å². The van der Waals surface area contributed by atoms with Crippen molar-refractivity contribution in [3.05, 3.63) is 46.2 Å². The molecule has 1 aromatic heterocycles. The van der Waals surface area contributed by atoms with Gasteiger partial charge in [-0.25, -0.2) is 4.39 Å². The molecule has 0 aliphatic carbocycles. The van der Waals surface area contributed by atoms with Gasteiger partial charge in [-0.05, 0) is 28.1 Å². The Kier molecular flexibility index (Phi) is 2.17. The molecule has 0 fully saturated rings. The van der Waals surface area contributed by atoms with Crippen molar-refractivity contribution < 1.29 is 4.39 Å². The zero-order valence-corrected chi connectivity index (χ0v) is 10.2. The Morgan fingerprint density at radius 2 is 2.06 bits per heavy atom. The third kappa shape index (κ3) is 1.36. The minimum Gasteiger partial charge on any atom is -0.353 e. The Bertz CT molecular complexity index is 783. The Balaban J connectivity index is 2.66. The fourth-order valence-electron chi connectivity index (χ4n) is 2.04. The number of aromatic amines is 1. The number of nitrogens with zero attached hydrogens (tertiary/aromatic N) is 1. The number of nitrogens with one attached hydrogen (secondary N) is 1. The van der Waals surface area contributed by atoms with Gasteiger partial charge in [0.25, 0.3) is 0 Å². The summed E-state index contributed by atoms with van der Waals surface area (Å²) in [5.41, 5.74) is 1.88. The number of fused-ring (bicyclic) bond motifs is 3. The van der Waals surface area contributed by atoms with Gasteiger partial charge in [0.2, 0.25) is 0 Å². The molecule has 82 valence electrons. The summed E-state index contributed by atoms with van der Waals surface area (Å²) in [7, 11) is 0. The van der Waals surface area contributed by atoms with Crippen LogP contribution in [0.2, 0.25) is 0 Å². The maximum Gasteiger partial charge on any atom is 0.139 e. The van der Waals surface area contributed by atoms with Crippen LogP contribution in [0.5, 0.6) is 0 Å². The predicted octanol–water partition coefficient (Wildman–Crippen LogP) is 4.09. The quantitative estimate of drug-likeness (QED) is 0.665. The molecule has 0 aliphatic rings. The molecule has 0 aliphatic heterocycles. The number of hydrogen-bond acceptors (Lipinski definition) is 1. The summed E-state index contributed by atoms with van der Waals surface area (Å²) >= 11 is 3.24. The first kappa shape index (κ1) is 10.3. The van der Waals surface area contributed by atoms with Crippen molar-refractivity contribution in [1.29, 1.82) is 5.26 Å². The molecule has 17 heavy (non-hydrogen) atoms. The Hall–Kier alpha value is -1.86. The molecule has 2 aromatic carbocycles. The van der Waals surface area contributed by atoms with Crippen LogP contribution in [-0.2, 0) is 0 Å². The van der Waals surface area contributed by atoms with Crippen LogP contribution in [0.3, 0.4) is 0 Å². The minimum atomic E-state index is -0.418. The SMILES string of the molecule is N#Cc1cc(F)c(Br)c2c1[nH]c1ccccc12. The van der Waals surface area contributed by atoms with Gasteiger partial charge in [0.05, 0.1) is 15.6 Å². The van der Waals surface area contributed by atoms with Gasteiger partial charge in [0, 0.05) is 16.3 Å². The van der Waals surface area contributed by atoms with Gasteiger partial charge in [0.1, 0.15) is 11.9 Å². The smallest absolute Gasteiger partial charge is 0.139 e. The Morgan fingerprint density at radius 3 is 2.82 bits per heavy atom. The summed E-state index contributed by atoms with van der Waals surface area (Å²) in [6.07, 6.45) is 0. The summed E-state index contributed by atoms with van der Waals surface area (Å²) < 4.78 is 14.1. The fraction of sp³-hybridized carbons (Fsp3) is 0. The van der Waals surface area contributed by atoms with Crippen LogP contribution in [0.4, 0.5) is 4.39 Å². The number of nitriles is 1. The zero-order chi connectivity index (χ0) is 12.0. The highest BCUT2D eigenvalue weighted by atomic mass is 79.9. The van der Waals surface area contributed by atoms with Crippen molar-refractivity contribution in [2.45, 2.75) is 0 Å². The number of aromatic nitrogens is 1. The molecule has 1 heterocycles. The monoisotopic (exact) mass is 288 g/mol. The lowest BCUT2D eigenvalue weighted by molar-refractivity contribution is 0.623. The third-order valence-corrected chi connectivity index (χ3v) is 3.57. The molecule has 0 spiro atoms. The van der Waals surface area contributed by atoms with Crippen LogP contribution in [0.1, 0.15) is 5.56 Å². The van der Waals surface area contributed by atoms with Gasteiger partial charge in [-0.15, -0.1) is 0 Å². The maximum atomic E-state index is 13.7. The van der Waals surface area contributed by atoms with E-state index in [1.54, 1.807) is 0 Å². The van der Waals surface area contributed by atoms with E-state index in [4.69, 9.17) is 5.26 Å². The molecule has 0 atom stereocenters. The van der Waals surface area contributed by atoms with Gasteiger partial charge >= 0.3 is 0 Å². The molecule has 1 N–H and O–H groups in total. The Labute approximate surface area is 105 Å². The van der Waals surface area contributed by atoms with Crippen LogP contribution >= 0.6 is 15.9 Å². The second-order valence-corrected chi connectivity index (χ2v) is 4.55. The minimum absolute atomic E-state index is 0.317. The van der Waals surface area contributed by atoms with Crippen LogP contribution < -0.4 is 0 Å². The molecule has 2 nitrogen and oxygen atoms in total. The molecule has 0 radical (unpaired) electrons. The zero-order valence-electron chi connectivity index (χ0n) is 8.59. The third-order valence-electron chi connectivity index (χ3n) is 2.80. The molecule has 3 aromatic rings. The van der Waals surface area contributed by atoms with Gasteiger partial charge < -0.3 is 4.98 Å². The second-order valence-electron chi connectivity index (χ2n) is 3.75. The van der Waals surface area contributed by atoms with Crippen LogP contribution in [0, 0.1) is 17.1 Å². The Morgan fingerprint density at radius 1 is 1.29 bits per heavy atom. The van der Waals surface area contributed by atoms with Gasteiger partial charge in [-0.3, -0.25) is 0 Å². The van der Waals surface area contributed by atoms with E-state index in [-0.39, 0.29) is 0 Å². The fourth-order valence-corrected chi connectivity index (χ4v) is 2.57. The summed E-state index contributed by atoms with van der Waals surface area (Å²) in [4.78, 5) is 3.15. The summed E-state index contributed by atoms with van der Waals surface area (Å²) in [5.74, 6) is -0.418. The summed E-state index contributed by atoms with van der Waals surface area (Å²) in [6.45, 7) is 0. The van der Waals surface area contributed by atoms with Gasteiger partial charge in [-0.1, -0.05) is 18.2 Å². The lowest BCUT2D eigenvalue weighted by Gasteiger charge is -1.99. The normalized spacial score (nSPS) is 10.9. The number of H-pyrrole nitrogens is 1. The van der Waals surface area contributed by atoms with Crippen LogP contribution in [-0.4, -0.2) is 4.98 Å². The van der Waals surface area contributed by atoms with Crippen molar-refractivity contribution in [2.24, 2.45) is 0 Å². The van der Waals surface area contributed by atoms with E-state index < -0.39 is 5.82 Å².